The van der Waals surface area contributed by atoms with Gasteiger partial charge in [0.1, 0.15) is 18.1 Å². The first kappa shape index (κ1) is 28.6. The second-order valence-corrected chi connectivity index (χ2v) is 9.37. The van der Waals surface area contributed by atoms with Crippen molar-refractivity contribution >= 4 is 23.8 Å². The number of carbonyl (C=O) groups is 2. The van der Waals surface area contributed by atoms with Gasteiger partial charge in [0, 0.05) is 13.0 Å². The zero-order chi connectivity index (χ0) is 29.0. The standard InChI is InChI=1S/C33H31N5O3/c1-41-29-18-14-25(15-19-29)21-38(30(32(35)39)20-24-12-16-28(17-13-24)37-23-36-22-34)33(40)31(26-8-4-2-5-9-26)27-10-6-3-7-11-27/h2-19,23,30-31H,20-21H2,1H3,(H2,35,39)(H,36,37)/t30-/m1/s1. The summed E-state index contributed by atoms with van der Waals surface area (Å²) in [4.78, 5) is 33.3. The van der Waals surface area contributed by atoms with Crippen LogP contribution in [0.3, 0.4) is 0 Å². The van der Waals surface area contributed by atoms with Crippen molar-refractivity contribution in [2.75, 3.05) is 7.11 Å². The Morgan fingerprint density at radius 1 is 0.902 bits per heavy atom. The number of benzene rings is 4. The second-order valence-electron chi connectivity index (χ2n) is 9.37. The van der Waals surface area contributed by atoms with Gasteiger partial charge in [-0.2, -0.15) is 5.26 Å². The molecule has 0 bridgehead atoms. The maximum Gasteiger partial charge on any atom is 0.240 e. The number of rotatable bonds is 12. The van der Waals surface area contributed by atoms with Crippen LogP contribution in [0.5, 0.6) is 5.75 Å². The summed E-state index contributed by atoms with van der Waals surface area (Å²) in [5.41, 5.74) is 9.91. The number of nitrogens with two attached hydrogens (primary N) is 1. The van der Waals surface area contributed by atoms with Crippen molar-refractivity contribution in [1.82, 2.24) is 10.2 Å². The molecule has 4 aromatic carbocycles. The molecule has 206 valence electrons. The molecule has 0 saturated carbocycles. The average Bonchev–Trinajstić information content (AvgIpc) is 3.01. The van der Waals surface area contributed by atoms with E-state index in [1.807, 2.05) is 97.1 Å². The van der Waals surface area contributed by atoms with E-state index in [4.69, 9.17) is 15.7 Å². The summed E-state index contributed by atoms with van der Waals surface area (Å²) < 4.78 is 5.30. The molecular weight excluding hydrogens is 514 g/mol. The number of ether oxygens (including phenoxy) is 1. The van der Waals surface area contributed by atoms with E-state index in [1.165, 1.54) is 6.34 Å². The van der Waals surface area contributed by atoms with Gasteiger partial charge < -0.3 is 15.4 Å². The van der Waals surface area contributed by atoms with Crippen LogP contribution in [0.1, 0.15) is 28.2 Å². The minimum Gasteiger partial charge on any atom is -0.497 e. The lowest BCUT2D eigenvalue weighted by Gasteiger charge is -2.33. The van der Waals surface area contributed by atoms with Crippen LogP contribution in [0.2, 0.25) is 0 Å². The Balaban J connectivity index is 1.73. The fourth-order valence-corrected chi connectivity index (χ4v) is 4.65. The van der Waals surface area contributed by atoms with Crippen LogP contribution in [0.4, 0.5) is 5.69 Å². The van der Waals surface area contributed by atoms with E-state index < -0.39 is 17.9 Å². The summed E-state index contributed by atoms with van der Waals surface area (Å²) in [6.45, 7) is 0.175. The molecule has 0 aliphatic carbocycles. The Hall–Kier alpha value is -5.42. The zero-order valence-electron chi connectivity index (χ0n) is 22.7. The third-order valence-electron chi connectivity index (χ3n) is 6.72. The van der Waals surface area contributed by atoms with Crippen molar-refractivity contribution in [3.63, 3.8) is 0 Å². The third-order valence-corrected chi connectivity index (χ3v) is 6.72. The first-order valence-corrected chi connectivity index (χ1v) is 13.1. The number of nitrogens with one attached hydrogen (secondary N) is 1. The predicted molar refractivity (Wildman–Crippen MR) is 158 cm³/mol. The van der Waals surface area contributed by atoms with Crippen LogP contribution in [-0.4, -0.2) is 36.2 Å². The smallest absolute Gasteiger partial charge is 0.240 e. The highest BCUT2D eigenvalue weighted by molar-refractivity contribution is 5.92. The Bertz CT molecular complexity index is 1460. The van der Waals surface area contributed by atoms with Gasteiger partial charge in [-0.25, -0.2) is 4.99 Å². The van der Waals surface area contributed by atoms with Gasteiger partial charge in [0.05, 0.1) is 18.7 Å². The van der Waals surface area contributed by atoms with Crippen LogP contribution >= 0.6 is 0 Å². The van der Waals surface area contributed by atoms with E-state index in [0.717, 1.165) is 22.3 Å². The molecule has 8 nitrogen and oxygen atoms in total. The molecule has 0 aliphatic rings. The van der Waals surface area contributed by atoms with Crippen LogP contribution in [0.15, 0.2) is 114 Å². The second kappa shape index (κ2) is 14.1. The lowest BCUT2D eigenvalue weighted by atomic mass is 9.89. The summed E-state index contributed by atoms with van der Waals surface area (Å²) in [5.74, 6) is -0.781. The maximum atomic E-state index is 14.5. The molecule has 2 amide bonds. The molecule has 0 aliphatic heterocycles. The molecule has 4 rings (SSSR count). The highest BCUT2D eigenvalue weighted by Crippen LogP contribution is 2.29. The van der Waals surface area contributed by atoms with Gasteiger partial charge in [0.25, 0.3) is 0 Å². The maximum absolute atomic E-state index is 14.5. The van der Waals surface area contributed by atoms with Gasteiger partial charge in [-0.05, 0) is 46.5 Å². The SMILES string of the molecule is COc1ccc(CN(C(=O)C(c2ccccc2)c2ccccc2)[C@H](Cc2ccc(N=CNC#N)cc2)C(N)=O)cc1. The van der Waals surface area contributed by atoms with Gasteiger partial charge in [-0.1, -0.05) is 84.9 Å². The Morgan fingerprint density at radius 3 is 1.98 bits per heavy atom. The average molecular weight is 546 g/mol. The molecular formula is C33H31N5O3. The molecule has 4 aromatic rings. The zero-order valence-corrected chi connectivity index (χ0v) is 22.7. The van der Waals surface area contributed by atoms with Gasteiger partial charge in [-0.15, -0.1) is 0 Å². The molecule has 0 unspecified atom stereocenters. The Labute approximate surface area is 239 Å². The van der Waals surface area contributed by atoms with Crippen molar-refractivity contribution < 1.29 is 14.3 Å². The normalized spacial score (nSPS) is 11.5. The van der Waals surface area contributed by atoms with Crippen LogP contribution in [0.25, 0.3) is 0 Å². The quantitative estimate of drug-likeness (QED) is 0.116. The number of amides is 2. The van der Waals surface area contributed by atoms with E-state index in [0.29, 0.717) is 11.4 Å². The van der Waals surface area contributed by atoms with Crippen LogP contribution in [-0.2, 0) is 22.6 Å². The van der Waals surface area contributed by atoms with Gasteiger partial charge >= 0.3 is 0 Å². The number of nitrogens with zero attached hydrogens (tertiary/aromatic N) is 3. The van der Waals surface area contributed by atoms with E-state index >= 15 is 0 Å². The number of carbonyl (C=O) groups excluding carboxylic acids is 2. The predicted octanol–water partition coefficient (Wildman–Crippen LogP) is 4.68. The van der Waals surface area contributed by atoms with Gasteiger partial charge in [-0.3, -0.25) is 14.9 Å². The number of primary amides is 1. The van der Waals surface area contributed by atoms with Gasteiger partial charge in [0.15, 0.2) is 6.19 Å². The summed E-state index contributed by atoms with van der Waals surface area (Å²) in [6.07, 6.45) is 3.29. The molecule has 0 spiro atoms. The molecule has 8 heteroatoms. The topological polar surface area (TPSA) is 121 Å². The third kappa shape index (κ3) is 7.58. The highest BCUT2D eigenvalue weighted by Gasteiger charge is 2.34. The van der Waals surface area contributed by atoms with E-state index in [2.05, 4.69) is 10.3 Å². The monoisotopic (exact) mass is 545 g/mol. The molecule has 41 heavy (non-hydrogen) atoms. The summed E-state index contributed by atoms with van der Waals surface area (Å²) in [6, 6.07) is 32.7. The molecule has 0 heterocycles. The minimum absolute atomic E-state index is 0.175. The summed E-state index contributed by atoms with van der Waals surface area (Å²) >= 11 is 0. The first-order chi connectivity index (χ1) is 20.0. The van der Waals surface area contributed by atoms with E-state index in [-0.39, 0.29) is 18.9 Å². The number of aliphatic imine (C=N–C) groups is 1. The van der Waals surface area contributed by atoms with Crippen LogP contribution < -0.4 is 15.8 Å². The van der Waals surface area contributed by atoms with Crippen molar-refractivity contribution in [3.8, 4) is 11.9 Å². The summed E-state index contributed by atoms with van der Waals surface area (Å²) in [7, 11) is 1.59. The number of hydrogen-bond donors (Lipinski definition) is 2. The van der Waals surface area contributed by atoms with Crippen molar-refractivity contribution in [2.24, 2.45) is 10.7 Å². The van der Waals surface area contributed by atoms with Crippen molar-refractivity contribution in [1.29, 1.82) is 5.26 Å². The molecule has 0 radical (unpaired) electrons. The largest absolute Gasteiger partial charge is 0.497 e. The lowest BCUT2D eigenvalue weighted by molar-refractivity contribution is -0.140. The van der Waals surface area contributed by atoms with Crippen LogP contribution in [0, 0.1) is 11.5 Å². The Kier molecular flexibility index (Phi) is 9.83. The van der Waals surface area contributed by atoms with Gasteiger partial charge in [0.2, 0.25) is 11.8 Å². The molecule has 0 aromatic heterocycles. The molecule has 3 N–H and O–H groups in total. The number of methoxy groups -OCH3 is 1. The number of nitriles is 1. The minimum atomic E-state index is -0.922. The van der Waals surface area contributed by atoms with Crippen molar-refractivity contribution in [3.05, 3.63) is 131 Å². The molecule has 0 fully saturated rings. The fraction of sp³-hybridized carbons (Fsp3) is 0.152. The summed E-state index contributed by atoms with van der Waals surface area (Å²) in [5, 5.41) is 11.0. The number of hydrogen-bond acceptors (Lipinski definition) is 5. The first-order valence-electron chi connectivity index (χ1n) is 13.1. The van der Waals surface area contributed by atoms with Crippen molar-refractivity contribution in [2.45, 2.75) is 24.9 Å². The van der Waals surface area contributed by atoms with E-state index in [1.54, 1.807) is 30.3 Å². The lowest BCUT2D eigenvalue weighted by Crippen LogP contribution is -2.50. The molecule has 1 atom stereocenters. The highest BCUT2D eigenvalue weighted by atomic mass is 16.5. The molecule has 0 saturated heterocycles. The fourth-order valence-electron chi connectivity index (χ4n) is 4.65. The van der Waals surface area contributed by atoms with E-state index in [9.17, 15) is 9.59 Å². The Morgan fingerprint density at radius 2 is 1.46 bits per heavy atom.